The summed E-state index contributed by atoms with van der Waals surface area (Å²) in [4.78, 5) is 16.0. The van der Waals surface area contributed by atoms with Gasteiger partial charge < -0.3 is 14.2 Å². The third-order valence-electron chi connectivity index (χ3n) is 3.72. The zero-order valence-corrected chi connectivity index (χ0v) is 14.5. The summed E-state index contributed by atoms with van der Waals surface area (Å²) in [5.74, 6) is 0.499. The summed E-state index contributed by atoms with van der Waals surface area (Å²) in [6.45, 7) is 0.227. The highest BCUT2D eigenvalue weighted by molar-refractivity contribution is 6.30. The highest BCUT2D eigenvalue weighted by atomic mass is 35.5. The first-order chi connectivity index (χ1) is 12.1. The number of pyridine rings is 1. The molecule has 0 aliphatic carbocycles. The van der Waals surface area contributed by atoms with E-state index in [0.29, 0.717) is 22.2 Å². The van der Waals surface area contributed by atoms with Gasteiger partial charge >= 0.3 is 5.97 Å². The normalized spacial score (nSPS) is 10.5. The number of carbonyl (C=O) groups is 1. The van der Waals surface area contributed by atoms with Crippen molar-refractivity contribution in [1.29, 1.82) is 0 Å². The molecule has 2 aromatic carbocycles. The molecule has 0 atom stereocenters. The monoisotopic (exact) mass is 357 g/mol. The van der Waals surface area contributed by atoms with E-state index >= 15 is 0 Å². The van der Waals surface area contributed by atoms with Gasteiger partial charge in [0.05, 0.1) is 25.3 Å². The Labute approximate surface area is 150 Å². The van der Waals surface area contributed by atoms with Gasteiger partial charge in [-0.3, -0.25) is 0 Å². The lowest BCUT2D eigenvalue weighted by Crippen LogP contribution is -2.03. The van der Waals surface area contributed by atoms with E-state index in [-0.39, 0.29) is 6.61 Å². The molecule has 0 bridgehead atoms. The Hall–Kier alpha value is -2.79. The predicted molar refractivity (Wildman–Crippen MR) is 95.4 cm³/mol. The predicted octanol–water partition coefficient (Wildman–Crippen LogP) is 4.26. The smallest absolute Gasteiger partial charge is 0.337 e. The van der Waals surface area contributed by atoms with Gasteiger partial charge in [-0.25, -0.2) is 9.78 Å². The number of rotatable bonds is 5. The van der Waals surface area contributed by atoms with Gasteiger partial charge in [0.25, 0.3) is 0 Å². The summed E-state index contributed by atoms with van der Waals surface area (Å²) in [7, 11) is 2.84. The first-order valence-electron chi connectivity index (χ1n) is 7.55. The highest BCUT2D eigenvalue weighted by Crippen LogP contribution is 2.30. The zero-order valence-electron chi connectivity index (χ0n) is 13.8. The van der Waals surface area contributed by atoms with Crippen LogP contribution in [0.3, 0.4) is 0 Å². The van der Waals surface area contributed by atoms with E-state index in [4.69, 9.17) is 25.8 Å². The van der Waals surface area contributed by atoms with Crippen LogP contribution in [0.4, 0.5) is 0 Å². The van der Waals surface area contributed by atoms with Gasteiger partial charge in [-0.2, -0.15) is 0 Å². The van der Waals surface area contributed by atoms with Gasteiger partial charge in [-0.15, -0.1) is 0 Å². The number of halogens is 1. The zero-order chi connectivity index (χ0) is 17.8. The number of aromatic nitrogens is 1. The maximum atomic E-state index is 11.6. The molecule has 3 rings (SSSR count). The molecule has 5 nitrogen and oxygen atoms in total. The highest BCUT2D eigenvalue weighted by Gasteiger charge is 2.12. The van der Waals surface area contributed by atoms with Crippen LogP contribution in [0.15, 0.2) is 48.5 Å². The third kappa shape index (κ3) is 3.67. The van der Waals surface area contributed by atoms with Crippen molar-refractivity contribution >= 4 is 28.5 Å². The van der Waals surface area contributed by atoms with E-state index in [1.54, 1.807) is 18.2 Å². The minimum atomic E-state index is -0.438. The average Bonchev–Trinajstić information content (AvgIpc) is 2.65. The fourth-order valence-electron chi connectivity index (χ4n) is 2.42. The number of hydrogen-bond acceptors (Lipinski definition) is 5. The van der Waals surface area contributed by atoms with Crippen LogP contribution in [0.2, 0.25) is 5.15 Å². The van der Waals surface area contributed by atoms with E-state index in [0.717, 1.165) is 16.5 Å². The minimum absolute atomic E-state index is 0.227. The quantitative estimate of drug-likeness (QED) is 0.504. The molecule has 0 aliphatic heterocycles. The van der Waals surface area contributed by atoms with Gasteiger partial charge in [0.1, 0.15) is 11.8 Å². The Morgan fingerprint density at radius 3 is 2.64 bits per heavy atom. The van der Waals surface area contributed by atoms with E-state index in [2.05, 4.69) is 4.98 Å². The molecule has 0 fully saturated rings. The third-order valence-corrected chi connectivity index (χ3v) is 4.05. The van der Waals surface area contributed by atoms with Crippen LogP contribution in [0.1, 0.15) is 15.9 Å². The Morgan fingerprint density at radius 1 is 1.08 bits per heavy atom. The number of nitrogens with zero attached hydrogens (tertiary/aromatic N) is 1. The first kappa shape index (κ1) is 17.0. The van der Waals surface area contributed by atoms with Crippen LogP contribution >= 0.6 is 11.6 Å². The number of hydrogen-bond donors (Lipinski definition) is 0. The van der Waals surface area contributed by atoms with Crippen molar-refractivity contribution in [3.63, 3.8) is 0 Å². The SMILES string of the molecule is COC(=O)c1ccc(OCc2cc3ccccc3nc2Cl)c(OC)c1. The average molecular weight is 358 g/mol. The fourth-order valence-corrected chi connectivity index (χ4v) is 2.62. The maximum Gasteiger partial charge on any atom is 0.337 e. The molecule has 3 aromatic rings. The van der Waals surface area contributed by atoms with Crippen molar-refractivity contribution in [2.75, 3.05) is 14.2 Å². The van der Waals surface area contributed by atoms with Crippen molar-refractivity contribution < 1.29 is 19.0 Å². The Morgan fingerprint density at radius 2 is 1.88 bits per heavy atom. The molecule has 6 heteroatoms. The number of methoxy groups -OCH3 is 2. The van der Waals surface area contributed by atoms with Crippen LogP contribution < -0.4 is 9.47 Å². The number of fused-ring (bicyclic) bond motifs is 1. The summed E-state index contributed by atoms with van der Waals surface area (Å²) in [6.07, 6.45) is 0. The van der Waals surface area contributed by atoms with Crippen molar-refractivity contribution in [3.05, 3.63) is 64.8 Å². The summed E-state index contributed by atoms with van der Waals surface area (Å²) in [5.41, 5.74) is 1.98. The molecule has 0 aliphatic rings. The molecule has 0 saturated heterocycles. The maximum absolute atomic E-state index is 11.6. The van der Waals surface area contributed by atoms with E-state index in [1.165, 1.54) is 14.2 Å². The molecular formula is C19H16ClNO4. The van der Waals surface area contributed by atoms with Crippen LogP contribution in [-0.2, 0) is 11.3 Å². The van der Waals surface area contributed by atoms with Gasteiger partial charge in [0.2, 0.25) is 0 Å². The number of benzene rings is 2. The Balaban J connectivity index is 1.84. The molecule has 25 heavy (non-hydrogen) atoms. The molecule has 0 N–H and O–H groups in total. The minimum Gasteiger partial charge on any atom is -0.493 e. The van der Waals surface area contributed by atoms with Crippen LogP contribution in [-0.4, -0.2) is 25.2 Å². The van der Waals surface area contributed by atoms with E-state index < -0.39 is 5.97 Å². The fraction of sp³-hybridized carbons (Fsp3) is 0.158. The summed E-state index contributed by atoms with van der Waals surface area (Å²) in [6, 6.07) is 14.5. The Kier molecular flexibility index (Phi) is 5.05. The van der Waals surface area contributed by atoms with Crippen LogP contribution in [0.25, 0.3) is 10.9 Å². The lowest BCUT2D eigenvalue weighted by molar-refractivity contribution is 0.0600. The summed E-state index contributed by atoms with van der Waals surface area (Å²) in [5, 5.41) is 1.38. The van der Waals surface area contributed by atoms with Gasteiger partial charge in [-0.05, 0) is 30.3 Å². The molecule has 0 unspecified atom stereocenters. The molecule has 1 aromatic heterocycles. The van der Waals surface area contributed by atoms with Crippen LogP contribution in [0.5, 0.6) is 11.5 Å². The number of ether oxygens (including phenoxy) is 3. The molecule has 0 saturated carbocycles. The number of para-hydroxylation sites is 1. The van der Waals surface area contributed by atoms with Gasteiger partial charge in [0, 0.05) is 10.9 Å². The lowest BCUT2D eigenvalue weighted by atomic mass is 10.1. The summed E-state index contributed by atoms with van der Waals surface area (Å²) < 4.78 is 15.8. The molecule has 0 radical (unpaired) electrons. The van der Waals surface area contributed by atoms with Gasteiger partial charge in [0.15, 0.2) is 11.5 Å². The molecule has 1 heterocycles. The topological polar surface area (TPSA) is 57.7 Å². The van der Waals surface area contributed by atoms with Gasteiger partial charge in [-0.1, -0.05) is 29.8 Å². The van der Waals surface area contributed by atoms with Crippen molar-refractivity contribution in [1.82, 2.24) is 4.98 Å². The van der Waals surface area contributed by atoms with Crippen LogP contribution in [0, 0.1) is 0 Å². The second-order valence-electron chi connectivity index (χ2n) is 5.28. The molecule has 0 spiro atoms. The molecule has 0 amide bonds. The Bertz CT molecular complexity index is 926. The standard InChI is InChI=1S/C19H16ClNO4/c1-23-17-10-13(19(22)24-2)7-8-16(17)25-11-14-9-12-5-3-4-6-15(12)21-18(14)20/h3-10H,11H2,1-2H3. The second kappa shape index (κ2) is 7.40. The number of carbonyl (C=O) groups excluding carboxylic acids is 1. The van der Waals surface area contributed by atoms with E-state index in [1.807, 2.05) is 30.3 Å². The van der Waals surface area contributed by atoms with E-state index in [9.17, 15) is 4.79 Å². The van der Waals surface area contributed by atoms with Crippen molar-refractivity contribution in [2.24, 2.45) is 0 Å². The summed E-state index contributed by atoms with van der Waals surface area (Å²) >= 11 is 6.25. The molecular weight excluding hydrogens is 342 g/mol. The first-order valence-corrected chi connectivity index (χ1v) is 7.93. The second-order valence-corrected chi connectivity index (χ2v) is 5.63. The number of esters is 1. The lowest BCUT2D eigenvalue weighted by Gasteiger charge is -2.12. The van der Waals surface area contributed by atoms with Crippen molar-refractivity contribution in [3.8, 4) is 11.5 Å². The largest absolute Gasteiger partial charge is 0.493 e. The van der Waals surface area contributed by atoms with Crippen molar-refractivity contribution in [2.45, 2.75) is 6.61 Å². The molecule has 128 valence electrons.